The maximum Gasteiger partial charge on any atom is 0.221 e. The van der Waals surface area contributed by atoms with Gasteiger partial charge < -0.3 is 9.84 Å². The molecule has 1 N–H and O–H groups in total. The van der Waals surface area contributed by atoms with Crippen molar-refractivity contribution in [2.45, 2.75) is 6.61 Å². The monoisotopic (exact) mass is 157 g/mol. The van der Waals surface area contributed by atoms with E-state index in [9.17, 15) is 4.39 Å². The van der Waals surface area contributed by atoms with E-state index in [2.05, 4.69) is 4.98 Å². The summed E-state index contributed by atoms with van der Waals surface area (Å²) in [6.45, 7) is -0.400. The molecule has 1 rings (SSSR count). The maximum absolute atomic E-state index is 12.8. The summed E-state index contributed by atoms with van der Waals surface area (Å²) in [5.74, 6) is -0.369. The average Bonchev–Trinajstić information content (AvgIpc) is 2.04. The first kappa shape index (κ1) is 7.94. The summed E-state index contributed by atoms with van der Waals surface area (Å²) in [5.41, 5.74) is 0.0926. The molecule has 0 saturated heterocycles. The highest BCUT2D eigenvalue weighted by Crippen LogP contribution is 2.16. The van der Waals surface area contributed by atoms with Gasteiger partial charge in [-0.1, -0.05) is 0 Å². The quantitative estimate of drug-likeness (QED) is 0.687. The molecule has 0 aliphatic heterocycles. The van der Waals surface area contributed by atoms with Gasteiger partial charge >= 0.3 is 0 Å². The number of hydrogen-bond donors (Lipinski definition) is 1. The van der Waals surface area contributed by atoms with Crippen LogP contribution < -0.4 is 4.74 Å². The zero-order chi connectivity index (χ0) is 8.27. The van der Waals surface area contributed by atoms with E-state index in [4.69, 9.17) is 9.84 Å². The van der Waals surface area contributed by atoms with Crippen molar-refractivity contribution < 1.29 is 14.2 Å². The molecule has 0 unspecified atom stereocenters. The van der Waals surface area contributed by atoms with Crippen LogP contribution >= 0.6 is 0 Å². The second-order valence-electron chi connectivity index (χ2n) is 1.94. The van der Waals surface area contributed by atoms with Crippen molar-refractivity contribution >= 4 is 0 Å². The molecule has 0 aliphatic carbocycles. The number of rotatable bonds is 2. The Labute approximate surface area is 63.5 Å². The summed E-state index contributed by atoms with van der Waals surface area (Å²) in [4.78, 5) is 3.71. The third-order valence-electron chi connectivity index (χ3n) is 1.31. The lowest BCUT2D eigenvalue weighted by Gasteiger charge is -2.03. The lowest BCUT2D eigenvalue weighted by atomic mass is 10.3. The van der Waals surface area contributed by atoms with Crippen molar-refractivity contribution in [1.29, 1.82) is 0 Å². The highest BCUT2D eigenvalue weighted by Gasteiger charge is 2.07. The first-order valence-corrected chi connectivity index (χ1v) is 3.07. The average molecular weight is 157 g/mol. The van der Waals surface area contributed by atoms with Crippen LogP contribution in [0.2, 0.25) is 0 Å². The highest BCUT2D eigenvalue weighted by atomic mass is 19.1. The van der Waals surface area contributed by atoms with Crippen LogP contribution in [0.25, 0.3) is 0 Å². The van der Waals surface area contributed by atoms with Crippen LogP contribution in [-0.4, -0.2) is 17.2 Å². The van der Waals surface area contributed by atoms with Gasteiger partial charge in [0.15, 0.2) is 0 Å². The number of nitrogens with zero attached hydrogens (tertiary/aromatic N) is 1. The predicted molar refractivity (Wildman–Crippen MR) is 36.7 cm³/mol. The van der Waals surface area contributed by atoms with Gasteiger partial charge in [-0.05, 0) is 6.07 Å². The van der Waals surface area contributed by atoms with Crippen molar-refractivity contribution in [1.82, 2.24) is 4.98 Å². The number of hydrogen-bond acceptors (Lipinski definition) is 3. The van der Waals surface area contributed by atoms with Gasteiger partial charge in [0.2, 0.25) is 5.88 Å². The van der Waals surface area contributed by atoms with Gasteiger partial charge in [0.25, 0.3) is 0 Å². The van der Waals surface area contributed by atoms with E-state index >= 15 is 0 Å². The third-order valence-corrected chi connectivity index (χ3v) is 1.31. The fourth-order valence-electron chi connectivity index (χ4n) is 0.770. The molecular weight excluding hydrogens is 149 g/mol. The van der Waals surface area contributed by atoms with Crippen molar-refractivity contribution in [3.05, 3.63) is 23.6 Å². The topological polar surface area (TPSA) is 42.4 Å². The number of halogens is 1. The van der Waals surface area contributed by atoms with E-state index in [1.165, 1.54) is 19.4 Å². The van der Waals surface area contributed by atoms with Crippen molar-refractivity contribution in [3.63, 3.8) is 0 Å². The Balaban J connectivity index is 3.13. The molecule has 0 amide bonds. The molecule has 0 atom stereocenters. The number of pyridine rings is 1. The molecule has 1 aromatic heterocycles. The van der Waals surface area contributed by atoms with Gasteiger partial charge in [-0.2, -0.15) is 0 Å². The number of methoxy groups -OCH3 is 1. The Morgan fingerprint density at radius 1 is 1.73 bits per heavy atom. The molecule has 0 bridgehead atoms. The molecule has 60 valence electrons. The molecule has 1 aromatic rings. The second kappa shape index (κ2) is 3.30. The summed E-state index contributed by atoms with van der Waals surface area (Å²) in [7, 11) is 1.38. The summed E-state index contributed by atoms with van der Waals surface area (Å²) in [6, 6.07) is 1.17. The van der Waals surface area contributed by atoms with Crippen LogP contribution in [0, 0.1) is 5.82 Å². The van der Waals surface area contributed by atoms with Crippen LogP contribution in [0.5, 0.6) is 5.88 Å². The molecule has 0 fully saturated rings. The molecule has 1 heterocycles. The van der Waals surface area contributed by atoms with E-state index in [0.717, 1.165) is 0 Å². The SMILES string of the molecule is COc1nccc(F)c1CO. The van der Waals surface area contributed by atoms with Crippen LogP contribution in [0.4, 0.5) is 4.39 Å². The number of ether oxygens (including phenoxy) is 1. The minimum absolute atomic E-state index is 0.0926. The molecule has 0 spiro atoms. The fraction of sp³-hybridized carbons (Fsp3) is 0.286. The fourth-order valence-corrected chi connectivity index (χ4v) is 0.770. The van der Waals surface area contributed by atoms with E-state index in [-0.39, 0.29) is 11.4 Å². The van der Waals surface area contributed by atoms with Crippen molar-refractivity contribution in [3.8, 4) is 5.88 Å². The smallest absolute Gasteiger partial charge is 0.221 e. The molecule has 0 aliphatic rings. The first-order valence-electron chi connectivity index (χ1n) is 3.07. The van der Waals surface area contributed by atoms with E-state index < -0.39 is 12.4 Å². The molecule has 0 saturated carbocycles. The highest BCUT2D eigenvalue weighted by molar-refractivity contribution is 5.25. The van der Waals surface area contributed by atoms with Crippen molar-refractivity contribution in [2.24, 2.45) is 0 Å². The van der Waals surface area contributed by atoms with Gasteiger partial charge in [-0.25, -0.2) is 9.37 Å². The largest absolute Gasteiger partial charge is 0.481 e. The van der Waals surface area contributed by atoms with E-state index in [1.807, 2.05) is 0 Å². The Morgan fingerprint density at radius 3 is 2.91 bits per heavy atom. The maximum atomic E-state index is 12.8. The second-order valence-corrected chi connectivity index (χ2v) is 1.94. The lowest BCUT2D eigenvalue weighted by molar-refractivity contribution is 0.264. The summed E-state index contributed by atoms with van der Waals surface area (Å²) in [6.07, 6.45) is 1.29. The normalized spacial score (nSPS) is 9.73. The van der Waals surface area contributed by atoms with Gasteiger partial charge in [-0.15, -0.1) is 0 Å². The van der Waals surface area contributed by atoms with Gasteiger partial charge in [0, 0.05) is 6.20 Å². The third kappa shape index (κ3) is 1.46. The Bertz CT molecular complexity index is 252. The molecule has 3 nitrogen and oxygen atoms in total. The zero-order valence-electron chi connectivity index (χ0n) is 6.04. The van der Waals surface area contributed by atoms with Crippen LogP contribution in [0.1, 0.15) is 5.56 Å². The van der Waals surface area contributed by atoms with Gasteiger partial charge in [0.1, 0.15) is 5.82 Å². The minimum atomic E-state index is -0.501. The van der Waals surface area contributed by atoms with Gasteiger partial charge in [0.05, 0.1) is 19.3 Å². The number of aliphatic hydroxyl groups excluding tert-OH is 1. The summed E-state index contributed by atoms with van der Waals surface area (Å²) in [5, 5.41) is 8.67. The van der Waals surface area contributed by atoms with Crippen LogP contribution in [0.3, 0.4) is 0 Å². The van der Waals surface area contributed by atoms with Crippen molar-refractivity contribution in [2.75, 3.05) is 7.11 Å². The van der Waals surface area contributed by atoms with Crippen LogP contribution in [-0.2, 0) is 6.61 Å². The Hall–Kier alpha value is -1.16. The Morgan fingerprint density at radius 2 is 2.45 bits per heavy atom. The number of aromatic nitrogens is 1. The van der Waals surface area contributed by atoms with E-state index in [0.29, 0.717) is 0 Å². The molecule has 0 radical (unpaired) electrons. The van der Waals surface area contributed by atoms with Crippen LogP contribution in [0.15, 0.2) is 12.3 Å². The molecule has 4 heteroatoms. The summed E-state index contributed by atoms with van der Waals surface area (Å²) < 4.78 is 17.5. The zero-order valence-corrected chi connectivity index (χ0v) is 6.04. The van der Waals surface area contributed by atoms with Gasteiger partial charge in [-0.3, -0.25) is 0 Å². The standard InChI is InChI=1S/C7H8FNO2/c1-11-7-5(4-10)6(8)2-3-9-7/h2-3,10H,4H2,1H3. The van der Waals surface area contributed by atoms with E-state index in [1.54, 1.807) is 0 Å². The predicted octanol–water partition coefficient (Wildman–Crippen LogP) is 0.722. The summed E-state index contributed by atoms with van der Waals surface area (Å²) >= 11 is 0. The molecular formula is C7H8FNO2. The number of aliphatic hydroxyl groups is 1. The molecule has 0 aromatic carbocycles. The Kier molecular flexibility index (Phi) is 2.38. The molecule has 11 heavy (non-hydrogen) atoms. The lowest BCUT2D eigenvalue weighted by Crippen LogP contribution is -1.97. The minimum Gasteiger partial charge on any atom is -0.481 e. The first-order chi connectivity index (χ1) is 5.29.